The number of hydrogen-bond donors (Lipinski definition) is 2. The van der Waals surface area contributed by atoms with Crippen LogP contribution in [-0.2, 0) is 6.54 Å². The third-order valence-electron chi connectivity index (χ3n) is 2.89. The Bertz CT molecular complexity index is 343. The van der Waals surface area contributed by atoms with Crippen molar-refractivity contribution in [3.8, 4) is 11.5 Å². The molecule has 0 aromatic heterocycles. The number of aliphatic hydroxyl groups is 1. The molecule has 1 aromatic carbocycles. The van der Waals surface area contributed by atoms with Gasteiger partial charge in [0.2, 0.25) is 0 Å². The monoisotopic (exact) mass is 275 g/mol. The highest BCUT2D eigenvalue weighted by Crippen LogP contribution is 2.27. The van der Waals surface area contributed by atoms with Crippen molar-refractivity contribution in [2.75, 3.05) is 20.8 Å². The van der Waals surface area contributed by atoms with Gasteiger partial charge in [-0.05, 0) is 24.6 Å². The van der Waals surface area contributed by atoms with Crippen molar-refractivity contribution in [2.24, 2.45) is 0 Å². The number of methoxy groups -OCH3 is 2. The third-order valence-corrected chi connectivity index (χ3v) is 2.89. The number of hydrogen-bond acceptors (Lipinski definition) is 3. The average Bonchev–Trinajstić information content (AvgIpc) is 2.39. The highest BCUT2D eigenvalue weighted by Gasteiger charge is 2.09. The van der Waals surface area contributed by atoms with E-state index in [4.69, 9.17) is 14.6 Å². The Labute approximate surface area is 115 Å². The smallest absolute Gasteiger partial charge is 0.161 e. The summed E-state index contributed by atoms with van der Waals surface area (Å²) in [6.07, 6.45) is 0.962. The first-order chi connectivity index (χ1) is 8.24. The van der Waals surface area contributed by atoms with Gasteiger partial charge in [0.1, 0.15) is 12.6 Å². The number of ether oxygens (including phenoxy) is 2. The molecule has 0 aliphatic rings. The summed E-state index contributed by atoms with van der Waals surface area (Å²) in [6.45, 7) is 3.12. The maximum absolute atomic E-state index is 9.11. The fourth-order valence-electron chi connectivity index (χ4n) is 1.68. The van der Waals surface area contributed by atoms with Crippen LogP contribution in [0.15, 0.2) is 18.2 Å². The van der Waals surface area contributed by atoms with Gasteiger partial charge in [0.05, 0.1) is 20.8 Å². The molecule has 0 amide bonds. The fraction of sp³-hybridized carbons (Fsp3) is 0.538. The first kappa shape index (κ1) is 17.0. The van der Waals surface area contributed by atoms with Gasteiger partial charge in [-0.3, -0.25) is 0 Å². The number of halogens is 1. The Morgan fingerprint density at radius 1 is 1.22 bits per heavy atom. The Kier molecular flexibility index (Phi) is 8.54. The van der Waals surface area contributed by atoms with Crippen LogP contribution >= 0.6 is 0 Å². The van der Waals surface area contributed by atoms with Crippen molar-refractivity contribution in [3.63, 3.8) is 0 Å². The Morgan fingerprint density at radius 3 is 2.39 bits per heavy atom. The molecule has 0 fully saturated rings. The predicted octanol–water partition coefficient (Wildman–Crippen LogP) is -2.46. The SMILES string of the molecule is CCC(CO)[NH2+]Cc1ccc(OC)c(OC)c1.[Cl-]. The molecule has 1 rings (SSSR count). The topological polar surface area (TPSA) is 55.3 Å². The van der Waals surface area contributed by atoms with Crippen LogP contribution in [0, 0.1) is 0 Å². The van der Waals surface area contributed by atoms with Crippen molar-refractivity contribution in [1.82, 2.24) is 0 Å². The van der Waals surface area contributed by atoms with Gasteiger partial charge < -0.3 is 32.3 Å². The Hall–Kier alpha value is -0.970. The molecule has 0 aliphatic heterocycles. The second-order valence-electron chi connectivity index (χ2n) is 3.98. The first-order valence-electron chi connectivity index (χ1n) is 5.90. The van der Waals surface area contributed by atoms with E-state index < -0.39 is 0 Å². The average molecular weight is 276 g/mol. The lowest BCUT2D eigenvalue weighted by atomic mass is 10.1. The second-order valence-corrected chi connectivity index (χ2v) is 3.98. The van der Waals surface area contributed by atoms with E-state index in [1.807, 2.05) is 18.2 Å². The molecular formula is C13H22ClNO3. The summed E-state index contributed by atoms with van der Waals surface area (Å²) in [6, 6.07) is 6.16. The van der Waals surface area contributed by atoms with E-state index in [2.05, 4.69) is 12.2 Å². The normalized spacial score (nSPS) is 11.6. The summed E-state index contributed by atoms with van der Waals surface area (Å²) in [5, 5.41) is 11.3. The standard InChI is InChI=1S/C13H21NO3.ClH/c1-4-11(9-15)14-8-10-5-6-12(16-2)13(7-10)17-3;/h5-7,11,14-15H,4,8-9H2,1-3H3;1H. The summed E-state index contributed by atoms with van der Waals surface area (Å²) < 4.78 is 10.4. The van der Waals surface area contributed by atoms with Crippen LogP contribution in [0.2, 0.25) is 0 Å². The lowest BCUT2D eigenvalue weighted by Gasteiger charge is -2.12. The van der Waals surface area contributed by atoms with Crippen LogP contribution in [-0.4, -0.2) is 32.0 Å². The molecule has 104 valence electrons. The van der Waals surface area contributed by atoms with Gasteiger partial charge in [-0.1, -0.05) is 6.92 Å². The molecular weight excluding hydrogens is 254 g/mol. The fourth-order valence-corrected chi connectivity index (χ4v) is 1.68. The van der Waals surface area contributed by atoms with Gasteiger partial charge in [-0.15, -0.1) is 0 Å². The highest BCUT2D eigenvalue weighted by molar-refractivity contribution is 5.42. The predicted molar refractivity (Wildman–Crippen MR) is 66.3 cm³/mol. The second kappa shape index (κ2) is 9.03. The largest absolute Gasteiger partial charge is 1.00 e. The molecule has 0 saturated heterocycles. The van der Waals surface area contributed by atoms with Gasteiger partial charge in [-0.25, -0.2) is 0 Å². The van der Waals surface area contributed by atoms with E-state index in [0.29, 0.717) is 0 Å². The maximum atomic E-state index is 9.11. The molecule has 0 spiro atoms. The minimum Gasteiger partial charge on any atom is -1.00 e. The Morgan fingerprint density at radius 2 is 1.89 bits per heavy atom. The molecule has 18 heavy (non-hydrogen) atoms. The lowest BCUT2D eigenvalue weighted by molar-refractivity contribution is -0.706. The molecule has 1 unspecified atom stereocenters. The van der Waals surface area contributed by atoms with E-state index in [0.717, 1.165) is 30.0 Å². The molecule has 3 N–H and O–H groups in total. The number of aliphatic hydroxyl groups excluding tert-OH is 1. The quantitative estimate of drug-likeness (QED) is 0.581. The zero-order valence-electron chi connectivity index (χ0n) is 11.1. The molecule has 1 aromatic rings. The number of nitrogens with two attached hydrogens (primary N) is 1. The Balaban J connectivity index is 0.00000289. The highest BCUT2D eigenvalue weighted by atomic mass is 35.5. The zero-order valence-corrected chi connectivity index (χ0v) is 11.9. The number of rotatable bonds is 7. The molecule has 0 bridgehead atoms. The van der Waals surface area contributed by atoms with Crippen LogP contribution < -0.4 is 27.2 Å². The van der Waals surface area contributed by atoms with E-state index in [1.54, 1.807) is 14.2 Å². The van der Waals surface area contributed by atoms with Gasteiger partial charge in [-0.2, -0.15) is 0 Å². The molecule has 1 atom stereocenters. The molecule has 5 heteroatoms. The van der Waals surface area contributed by atoms with E-state index in [-0.39, 0.29) is 25.1 Å². The van der Waals surface area contributed by atoms with Gasteiger partial charge in [0.15, 0.2) is 11.5 Å². The van der Waals surface area contributed by atoms with Crippen LogP contribution in [0.25, 0.3) is 0 Å². The van der Waals surface area contributed by atoms with Crippen molar-refractivity contribution in [2.45, 2.75) is 25.9 Å². The molecule has 0 heterocycles. The summed E-state index contributed by atoms with van der Waals surface area (Å²) >= 11 is 0. The van der Waals surface area contributed by atoms with Crippen LogP contribution in [0.4, 0.5) is 0 Å². The van der Waals surface area contributed by atoms with E-state index in [9.17, 15) is 0 Å². The van der Waals surface area contributed by atoms with Gasteiger partial charge in [0, 0.05) is 5.56 Å². The van der Waals surface area contributed by atoms with Crippen molar-refractivity contribution in [3.05, 3.63) is 23.8 Å². The van der Waals surface area contributed by atoms with Gasteiger partial charge in [0.25, 0.3) is 0 Å². The maximum Gasteiger partial charge on any atom is 0.161 e. The van der Waals surface area contributed by atoms with Crippen molar-refractivity contribution in [1.29, 1.82) is 0 Å². The van der Waals surface area contributed by atoms with E-state index in [1.165, 1.54) is 0 Å². The molecule has 4 nitrogen and oxygen atoms in total. The third kappa shape index (κ3) is 4.72. The molecule has 0 saturated carbocycles. The van der Waals surface area contributed by atoms with Crippen molar-refractivity contribution >= 4 is 0 Å². The minimum absolute atomic E-state index is 0. The zero-order chi connectivity index (χ0) is 12.7. The summed E-state index contributed by atoms with van der Waals surface area (Å²) in [7, 11) is 3.26. The number of benzene rings is 1. The number of quaternary nitrogens is 1. The summed E-state index contributed by atoms with van der Waals surface area (Å²) in [5.74, 6) is 1.49. The van der Waals surface area contributed by atoms with Crippen molar-refractivity contribution < 1.29 is 32.3 Å². The molecule has 0 radical (unpaired) electrons. The first-order valence-corrected chi connectivity index (χ1v) is 5.90. The summed E-state index contributed by atoms with van der Waals surface area (Å²) in [4.78, 5) is 0. The van der Waals surface area contributed by atoms with Crippen LogP contribution in [0.3, 0.4) is 0 Å². The van der Waals surface area contributed by atoms with Crippen LogP contribution in [0.5, 0.6) is 11.5 Å². The minimum atomic E-state index is 0. The molecule has 0 aliphatic carbocycles. The lowest BCUT2D eigenvalue weighted by Crippen LogP contribution is -3.00. The van der Waals surface area contributed by atoms with E-state index >= 15 is 0 Å². The van der Waals surface area contributed by atoms with Gasteiger partial charge >= 0.3 is 0 Å². The van der Waals surface area contributed by atoms with Crippen LogP contribution in [0.1, 0.15) is 18.9 Å². The summed E-state index contributed by atoms with van der Waals surface area (Å²) in [5.41, 5.74) is 1.16.